The Kier molecular flexibility index (Phi) is 3.89. The second kappa shape index (κ2) is 5.46. The molecule has 1 saturated heterocycles. The molecule has 108 valence electrons. The highest BCUT2D eigenvalue weighted by Crippen LogP contribution is 2.30. The summed E-state index contributed by atoms with van der Waals surface area (Å²) < 4.78 is 0. The zero-order valence-electron chi connectivity index (χ0n) is 11.4. The number of aromatic carboxylic acids is 1. The van der Waals surface area contributed by atoms with Gasteiger partial charge in [-0.15, -0.1) is 0 Å². The molecule has 0 aromatic heterocycles. The number of benzene rings is 1. The number of likely N-dealkylation sites (N-methyl/N-ethyl adjacent to an activating group) is 1. The quantitative estimate of drug-likeness (QED) is 0.665. The van der Waals surface area contributed by atoms with Crippen LogP contribution in [0, 0.1) is 10.1 Å². The summed E-state index contributed by atoms with van der Waals surface area (Å²) in [7, 11) is 2.02. The molecule has 1 aromatic carbocycles. The summed E-state index contributed by atoms with van der Waals surface area (Å²) in [4.78, 5) is 25.7. The number of rotatable bonds is 3. The van der Waals surface area contributed by atoms with E-state index in [0.717, 1.165) is 12.6 Å². The van der Waals surface area contributed by atoms with Crippen molar-refractivity contribution in [3.8, 4) is 0 Å². The molecule has 1 unspecified atom stereocenters. The maximum Gasteiger partial charge on any atom is 0.335 e. The predicted molar refractivity (Wildman–Crippen MR) is 74.4 cm³/mol. The van der Waals surface area contributed by atoms with Crippen molar-refractivity contribution in [2.75, 3.05) is 31.6 Å². The van der Waals surface area contributed by atoms with Gasteiger partial charge in [0.1, 0.15) is 5.69 Å². The molecule has 0 amide bonds. The molecule has 1 aliphatic heterocycles. The highest BCUT2D eigenvalue weighted by Gasteiger charge is 2.26. The van der Waals surface area contributed by atoms with Crippen molar-refractivity contribution in [1.29, 1.82) is 0 Å². The normalized spacial score (nSPS) is 19.9. The molecule has 20 heavy (non-hydrogen) atoms. The summed E-state index contributed by atoms with van der Waals surface area (Å²) >= 11 is 0. The minimum Gasteiger partial charge on any atom is -0.478 e. The molecule has 1 aliphatic rings. The van der Waals surface area contributed by atoms with E-state index in [2.05, 4.69) is 11.8 Å². The minimum absolute atomic E-state index is 0.0670. The van der Waals surface area contributed by atoms with Gasteiger partial charge in [-0.05, 0) is 26.1 Å². The second-order valence-electron chi connectivity index (χ2n) is 5.04. The SMILES string of the molecule is CC1CN(c2ccc(C(=O)O)cc2[N+](=O)[O-])CCN1C. The first-order valence-corrected chi connectivity index (χ1v) is 6.37. The maximum absolute atomic E-state index is 11.2. The van der Waals surface area contributed by atoms with Gasteiger partial charge in [0.05, 0.1) is 10.5 Å². The largest absolute Gasteiger partial charge is 0.478 e. The number of piperazine rings is 1. The van der Waals surface area contributed by atoms with E-state index in [1.165, 1.54) is 12.1 Å². The van der Waals surface area contributed by atoms with Crippen LogP contribution in [-0.4, -0.2) is 53.6 Å². The zero-order valence-corrected chi connectivity index (χ0v) is 11.4. The molecule has 2 rings (SSSR count). The molecule has 1 fully saturated rings. The Morgan fingerprint density at radius 2 is 2.15 bits per heavy atom. The fourth-order valence-electron chi connectivity index (χ4n) is 2.34. The van der Waals surface area contributed by atoms with Crippen LogP contribution in [0.5, 0.6) is 0 Å². The van der Waals surface area contributed by atoms with Gasteiger partial charge in [0, 0.05) is 31.7 Å². The van der Waals surface area contributed by atoms with E-state index < -0.39 is 10.9 Å². The van der Waals surface area contributed by atoms with Crippen LogP contribution in [0.1, 0.15) is 17.3 Å². The van der Waals surface area contributed by atoms with E-state index in [0.29, 0.717) is 24.8 Å². The van der Waals surface area contributed by atoms with E-state index in [1.807, 2.05) is 11.9 Å². The van der Waals surface area contributed by atoms with Gasteiger partial charge in [0.15, 0.2) is 0 Å². The molecule has 0 radical (unpaired) electrons. The predicted octanol–water partition coefficient (Wildman–Crippen LogP) is 1.43. The van der Waals surface area contributed by atoms with Gasteiger partial charge in [0.2, 0.25) is 0 Å². The minimum atomic E-state index is -1.16. The molecule has 1 heterocycles. The number of nitro benzene ring substituents is 1. The van der Waals surface area contributed by atoms with E-state index in [-0.39, 0.29) is 11.3 Å². The number of carbonyl (C=O) groups is 1. The van der Waals surface area contributed by atoms with Crippen LogP contribution < -0.4 is 4.90 Å². The van der Waals surface area contributed by atoms with Crippen molar-refractivity contribution in [2.24, 2.45) is 0 Å². The van der Waals surface area contributed by atoms with Crippen molar-refractivity contribution in [3.63, 3.8) is 0 Å². The van der Waals surface area contributed by atoms with Crippen LogP contribution in [0.2, 0.25) is 0 Å². The number of nitro groups is 1. The van der Waals surface area contributed by atoms with Gasteiger partial charge < -0.3 is 14.9 Å². The van der Waals surface area contributed by atoms with Crippen LogP contribution in [0.25, 0.3) is 0 Å². The van der Waals surface area contributed by atoms with Gasteiger partial charge in [-0.2, -0.15) is 0 Å². The topological polar surface area (TPSA) is 86.9 Å². The third-order valence-corrected chi connectivity index (χ3v) is 3.72. The fraction of sp³-hybridized carbons (Fsp3) is 0.462. The van der Waals surface area contributed by atoms with Gasteiger partial charge in [-0.3, -0.25) is 10.1 Å². The lowest BCUT2D eigenvalue weighted by molar-refractivity contribution is -0.384. The Labute approximate surface area is 116 Å². The first-order chi connectivity index (χ1) is 9.40. The lowest BCUT2D eigenvalue weighted by atomic mass is 10.1. The smallest absolute Gasteiger partial charge is 0.335 e. The summed E-state index contributed by atoms with van der Waals surface area (Å²) in [5.74, 6) is -1.16. The van der Waals surface area contributed by atoms with Crippen LogP contribution in [0.15, 0.2) is 18.2 Å². The Hall–Kier alpha value is -2.15. The molecular formula is C13H17N3O4. The molecule has 1 N–H and O–H groups in total. The van der Waals surface area contributed by atoms with Gasteiger partial charge in [-0.1, -0.05) is 0 Å². The summed E-state index contributed by atoms with van der Waals surface area (Å²) in [5, 5.41) is 20.1. The second-order valence-corrected chi connectivity index (χ2v) is 5.04. The van der Waals surface area contributed by atoms with Gasteiger partial charge >= 0.3 is 5.97 Å². The van der Waals surface area contributed by atoms with Crippen molar-refractivity contribution < 1.29 is 14.8 Å². The van der Waals surface area contributed by atoms with Crippen molar-refractivity contribution in [3.05, 3.63) is 33.9 Å². The summed E-state index contributed by atoms with van der Waals surface area (Å²) in [6.07, 6.45) is 0. The van der Waals surface area contributed by atoms with Crippen LogP contribution in [-0.2, 0) is 0 Å². The van der Waals surface area contributed by atoms with Crippen molar-refractivity contribution in [1.82, 2.24) is 4.90 Å². The molecule has 0 aliphatic carbocycles. The van der Waals surface area contributed by atoms with E-state index >= 15 is 0 Å². The first kappa shape index (κ1) is 14.3. The van der Waals surface area contributed by atoms with E-state index in [9.17, 15) is 14.9 Å². The average Bonchev–Trinajstić information content (AvgIpc) is 2.41. The highest BCUT2D eigenvalue weighted by molar-refractivity contribution is 5.89. The number of carboxylic acid groups (broad SMARTS) is 1. The standard InChI is InChI=1S/C13H17N3O4/c1-9-8-15(6-5-14(9)2)11-4-3-10(13(17)18)7-12(11)16(19)20/h3-4,7,9H,5-6,8H2,1-2H3,(H,17,18). The fourth-order valence-corrected chi connectivity index (χ4v) is 2.34. The van der Waals surface area contributed by atoms with E-state index in [1.54, 1.807) is 0 Å². The Morgan fingerprint density at radius 3 is 2.70 bits per heavy atom. The summed E-state index contributed by atoms with van der Waals surface area (Å²) in [5.41, 5.74) is 0.268. The maximum atomic E-state index is 11.2. The number of hydrogen-bond acceptors (Lipinski definition) is 5. The van der Waals surface area contributed by atoms with Crippen molar-refractivity contribution >= 4 is 17.3 Å². The van der Waals surface area contributed by atoms with Crippen LogP contribution in [0.3, 0.4) is 0 Å². The number of nitrogens with zero attached hydrogens (tertiary/aromatic N) is 3. The van der Waals surface area contributed by atoms with Crippen LogP contribution >= 0.6 is 0 Å². The third kappa shape index (κ3) is 2.72. The van der Waals surface area contributed by atoms with E-state index in [4.69, 9.17) is 5.11 Å². The Balaban J connectivity index is 2.36. The number of hydrogen-bond donors (Lipinski definition) is 1. The molecule has 7 heteroatoms. The number of carboxylic acids is 1. The average molecular weight is 279 g/mol. The lowest BCUT2D eigenvalue weighted by Gasteiger charge is -2.38. The number of anilines is 1. The van der Waals surface area contributed by atoms with Gasteiger partial charge in [-0.25, -0.2) is 4.79 Å². The molecule has 1 atom stereocenters. The highest BCUT2D eigenvalue weighted by atomic mass is 16.6. The van der Waals surface area contributed by atoms with Crippen LogP contribution in [0.4, 0.5) is 11.4 Å². The zero-order chi connectivity index (χ0) is 14.9. The molecular weight excluding hydrogens is 262 g/mol. The molecule has 1 aromatic rings. The lowest BCUT2D eigenvalue weighted by Crippen LogP contribution is -2.50. The first-order valence-electron chi connectivity index (χ1n) is 6.37. The Bertz CT molecular complexity index is 546. The molecule has 0 saturated carbocycles. The Morgan fingerprint density at radius 1 is 1.45 bits per heavy atom. The summed E-state index contributed by atoms with van der Waals surface area (Å²) in [6, 6.07) is 4.36. The monoisotopic (exact) mass is 279 g/mol. The summed E-state index contributed by atoms with van der Waals surface area (Å²) in [6.45, 7) is 4.25. The van der Waals surface area contributed by atoms with Crippen molar-refractivity contribution in [2.45, 2.75) is 13.0 Å². The third-order valence-electron chi connectivity index (χ3n) is 3.72. The molecule has 0 bridgehead atoms. The van der Waals surface area contributed by atoms with Gasteiger partial charge in [0.25, 0.3) is 5.69 Å². The molecule has 7 nitrogen and oxygen atoms in total. The molecule has 0 spiro atoms.